The fraction of sp³-hybridized carbons (Fsp3) is 0.250. The molecule has 3 heterocycles. The van der Waals surface area contributed by atoms with E-state index in [0.717, 1.165) is 44.4 Å². The molecule has 4 rings (SSSR count). The number of aromatic nitrogens is 5. The second-order valence-corrected chi connectivity index (χ2v) is 9.27. The minimum atomic E-state index is -0.221. The number of halogens is 1. The first-order valence-electron chi connectivity index (χ1n) is 10.7. The Bertz CT molecular complexity index is 1370. The number of nitrogens with two attached hydrogens (primary N) is 1. The predicted octanol–water partition coefficient (Wildman–Crippen LogP) is 5.13. The van der Waals surface area contributed by atoms with E-state index in [2.05, 4.69) is 79.1 Å². The van der Waals surface area contributed by atoms with E-state index in [1.807, 2.05) is 18.2 Å². The highest BCUT2D eigenvalue weighted by molar-refractivity contribution is 9.10. The number of rotatable bonds is 7. The summed E-state index contributed by atoms with van der Waals surface area (Å²) in [6.07, 6.45) is 7.62. The third kappa shape index (κ3) is 4.28. The van der Waals surface area contributed by atoms with E-state index in [1.54, 1.807) is 37.0 Å². The Morgan fingerprint density at radius 1 is 1.15 bits per heavy atom. The molecule has 0 radical (unpaired) electrons. The molecular formula is C24H26BrN9. The quantitative estimate of drug-likeness (QED) is 0.206. The highest BCUT2D eigenvalue weighted by atomic mass is 79.9. The number of benzene rings is 1. The van der Waals surface area contributed by atoms with Crippen molar-refractivity contribution >= 4 is 51.8 Å². The predicted molar refractivity (Wildman–Crippen MR) is 142 cm³/mol. The Hall–Kier alpha value is -3.66. The summed E-state index contributed by atoms with van der Waals surface area (Å²) in [5.74, 6) is 1.60. The van der Waals surface area contributed by atoms with Gasteiger partial charge in [0.05, 0.1) is 16.6 Å². The van der Waals surface area contributed by atoms with Crippen LogP contribution in [0.4, 0.5) is 11.8 Å². The normalized spacial score (nSPS) is 11.9. The van der Waals surface area contributed by atoms with Gasteiger partial charge in [0.2, 0.25) is 5.95 Å². The molecule has 0 fully saturated rings. The summed E-state index contributed by atoms with van der Waals surface area (Å²) in [6, 6.07) is 8.16. The van der Waals surface area contributed by atoms with Crippen LogP contribution in [0.2, 0.25) is 0 Å². The average molecular weight is 520 g/mol. The molecule has 3 aromatic heterocycles. The molecule has 0 saturated carbocycles. The van der Waals surface area contributed by atoms with Crippen molar-refractivity contribution in [1.82, 2.24) is 24.5 Å². The SMILES string of the molecule is C=NN(C=NC)c1ncc(Br)cc1-c1nc2cc(-c3cnc(N)nc3)ccc2n1C(C)(C)CC. The maximum atomic E-state index is 5.66. The Balaban J connectivity index is 2.01. The number of fused-ring (bicyclic) bond motifs is 1. The van der Waals surface area contributed by atoms with Gasteiger partial charge in [-0.3, -0.25) is 4.99 Å². The highest BCUT2D eigenvalue weighted by Gasteiger charge is 2.28. The Morgan fingerprint density at radius 3 is 2.53 bits per heavy atom. The molecule has 0 atom stereocenters. The molecule has 1 aromatic carbocycles. The molecule has 0 spiro atoms. The van der Waals surface area contributed by atoms with Crippen molar-refractivity contribution in [2.45, 2.75) is 32.7 Å². The smallest absolute Gasteiger partial charge is 0.219 e. The lowest BCUT2D eigenvalue weighted by Gasteiger charge is -2.29. The van der Waals surface area contributed by atoms with Crippen LogP contribution in [0.5, 0.6) is 0 Å². The summed E-state index contributed by atoms with van der Waals surface area (Å²) in [5, 5.41) is 5.63. The Labute approximate surface area is 206 Å². The molecule has 0 bridgehead atoms. The largest absolute Gasteiger partial charge is 0.368 e. The van der Waals surface area contributed by atoms with Crippen LogP contribution in [0.15, 0.2) is 57.4 Å². The third-order valence-electron chi connectivity index (χ3n) is 5.80. The van der Waals surface area contributed by atoms with Crippen LogP contribution in [-0.4, -0.2) is 44.6 Å². The average Bonchev–Trinajstić information content (AvgIpc) is 3.23. The Kier molecular flexibility index (Phi) is 6.43. The minimum Gasteiger partial charge on any atom is -0.368 e. The molecule has 2 N–H and O–H groups in total. The molecule has 0 aliphatic carbocycles. The fourth-order valence-corrected chi connectivity index (χ4v) is 4.08. The van der Waals surface area contributed by atoms with E-state index < -0.39 is 0 Å². The van der Waals surface area contributed by atoms with Crippen molar-refractivity contribution in [2.24, 2.45) is 10.1 Å². The zero-order valence-electron chi connectivity index (χ0n) is 19.6. The molecule has 0 amide bonds. The summed E-state index contributed by atoms with van der Waals surface area (Å²) in [5.41, 5.74) is 9.92. The van der Waals surface area contributed by atoms with Gasteiger partial charge >= 0.3 is 0 Å². The third-order valence-corrected chi connectivity index (χ3v) is 6.23. The van der Waals surface area contributed by atoms with Crippen LogP contribution in [0.3, 0.4) is 0 Å². The van der Waals surface area contributed by atoms with E-state index in [0.29, 0.717) is 5.82 Å². The zero-order valence-corrected chi connectivity index (χ0v) is 21.2. The lowest BCUT2D eigenvalue weighted by Crippen LogP contribution is -2.26. The van der Waals surface area contributed by atoms with Gasteiger partial charge in [0, 0.05) is 47.9 Å². The van der Waals surface area contributed by atoms with Crippen LogP contribution in [0, 0.1) is 0 Å². The second-order valence-electron chi connectivity index (χ2n) is 8.35. The summed E-state index contributed by atoms with van der Waals surface area (Å²) in [4.78, 5) is 22.0. The number of nitrogen functional groups attached to an aromatic ring is 1. The highest BCUT2D eigenvalue weighted by Crippen LogP contribution is 2.38. The maximum absolute atomic E-state index is 5.66. The number of pyridine rings is 1. The first kappa shape index (κ1) is 23.5. The van der Waals surface area contributed by atoms with Gasteiger partial charge in [0.25, 0.3) is 0 Å². The molecule has 0 aliphatic heterocycles. The first-order chi connectivity index (χ1) is 16.3. The number of hydrogen-bond acceptors (Lipinski definition) is 7. The van der Waals surface area contributed by atoms with E-state index in [4.69, 9.17) is 10.7 Å². The number of anilines is 2. The lowest BCUT2D eigenvalue weighted by atomic mass is 10.00. The molecule has 174 valence electrons. The summed E-state index contributed by atoms with van der Waals surface area (Å²) >= 11 is 3.57. The van der Waals surface area contributed by atoms with Crippen LogP contribution in [-0.2, 0) is 5.54 Å². The van der Waals surface area contributed by atoms with Crippen LogP contribution in [0.1, 0.15) is 27.2 Å². The van der Waals surface area contributed by atoms with Gasteiger partial charge in [0.1, 0.15) is 12.2 Å². The number of imidazole rings is 1. The van der Waals surface area contributed by atoms with E-state index in [1.165, 1.54) is 0 Å². The second kappa shape index (κ2) is 9.30. The van der Waals surface area contributed by atoms with Gasteiger partial charge in [-0.2, -0.15) is 5.10 Å². The first-order valence-corrected chi connectivity index (χ1v) is 11.5. The van der Waals surface area contributed by atoms with Crippen molar-refractivity contribution in [3.63, 3.8) is 0 Å². The van der Waals surface area contributed by atoms with Crippen molar-refractivity contribution in [1.29, 1.82) is 0 Å². The molecule has 0 saturated heterocycles. The van der Waals surface area contributed by atoms with Crippen molar-refractivity contribution in [3.05, 3.63) is 47.3 Å². The lowest BCUT2D eigenvalue weighted by molar-refractivity contribution is 0.356. The molecular weight excluding hydrogens is 494 g/mol. The topological polar surface area (TPSA) is 110 Å². The van der Waals surface area contributed by atoms with E-state index >= 15 is 0 Å². The monoisotopic (exact) mass is 519 g/mol. The van der Waals surface area contributed by atoms with Crippen LogP contribution >= 0.6 is 15.9 Å². The van der Waals surface area contributed by atoms with Crippen molar-refractivity contribution < 1.29 is 0 Å². The molecule has 4 aromatic rings. The Morgan fingerprint density at radius 2 is 1.88 bits per heavy atom. The maximum Gasteiger partial charge on any atom is 0.219 e. The number of nitrogens with zero attached hydrogens (tertiary/aromatic N) is 8. The van der Waals surface area contributed by atoms with Crippen LogP contribution in [0.25, 0.3) is 33.5 Å². The summed E-state index contributed by atoms with van der Waals surface area (Å²) < 4.78 is 3.08. The molecule has 9 nitrogen and oxygen atoms in total. The molecule has 34 heavy (non-hydrogen) atoms. The molecule has 0 aliphatic rings. The van der Waals surface area contributed by atoms with E-state index in [9.17, 15) is 0 Å². The van der Waals surface area contributed by atoms with Gasteiger partial charge < -0.3 is 10.3 Å². The number of hydrogen-bond donors (Lipinski definition) is 1. The van der Waals surface area contributed by atoms with Gasteiger partial charge in [-0.05, 0) is 60.0 Å². The van der Waals surface area contributed by atoms with Crippen molar-refractivity contribution in [3.8, 4) is 22.5 Å². The van der Waals surface area contributed by atoms with Gasteiger partial charge in [0.15, 0.2) is 5.82 Å². The van der Waals surface area contributed by atoms with Crippen LogP contribution < -0.4 is 10.7 Å². The molecule has 0 unspecified atom stereocenters. The number of aliphatic imine (C=N–C) groups is 1. The van der Waals surface area contributed by atoms with Gasteiger partial charge in [-0.25, -0.2) is 24.9 Å². The van der Waals surface area contributed by atoms with E-state index in [-0.39, 0.29) is 11.5 Å². The summed E-state index contributed by atoms with van der Waals surface area (Å²) in [7, 11) is 1.68. The van der Waals surface area contributed by atoms with Crippen molar-refractivity contribution in [2.75, 3.05) is 17.8 Å². The number of hydrazone groups is 1. The minimum absolute atomic E-state index is 0.221. The van der Waals surface area contributed by atoms with Gasteiger partial charge in [-0.15, -0.1) is 0 Å². The standard InChI is InChI=1S/C24H26BrN9/c1-6-24(2,3)34-20-8-7-15(16-11-30-23(26)31-12-16)9-19(20)32-22(34)18-10-17(25)13-29-21(18)33(28-5)14-27-4/h7-14H,5-6H2,1-4H3,(H2,26,30,31). The summed E-state index contributed by atoms with van der Waals surface area (Å²) in [6.45, 7) is 10.2. The fourth-order valence-electron chi connectivity index (χ4n) is 3.75. The molecule has 10 heteroatoms. The van der Waals surface area contributed by atoms with Gasteiger partial charge in [-0.1, -0.05) is 13.0 Å². The zero-order chi connectivity index (χ0) is 24.5.